The van der Waals surface area contributed by atoms with E-state index in [0.29, 0.717) is 26.0 Å². The largest absolute Gasteiger partial charge is 0.406 e. The summed E-state index contributed by atoms with van der Waals surface area (Å²) in [5.41, 5.74) is 0. The number of carbonyl (C=O) groups is 1. The van der Waals surface area contributed by atoms with Gasteiger partial charge in [-0.2, -0.15) is 13.2 Å². The minimum absolute atomic E-state index is 0.153. The number of nitrogens with one attached hydrogen (secondary N) is 1. The van der Waals surface area contributed by atoms with Crippen LogP contribution in [0.1, 0.15) is 12.8 Å². The molecule has 17 heavy (non-hydrogen) atoms. The SMILES string of the molecule is O=C(C1COCCN1)N(CC(F)(F)F)C1CC1. The number of nitrogens with zero attached hydrogens (tertiary/aromatic N) is 1. The number of hydrogen-bond donors (Lipinski definition) is 1. The van der Waals surface area contributed by atoms with Crippen molar-refractivity contribution in [2.45, 2.75) is 31.1 Å². The predicted molar refractivity (Wildman–Crippen MR) is 53.4 cm³/mol. The van der Waals surface area contributed by atoms with Crippen LogP contribution in [0.3, 0.4) is 0 Å². The quantitative estimate of drug-likeness (QED) is 0.796. The van der Waals surface area contributed by atoms with Gasteiger partial charge in [-0.25, -0.2) is 0 Å². The van der Waals surface area contributed by atoms with Crippen molar-refractivity contribution in [3.05, 3.63) is 0 Å². The fourth-order valence-corrected chi connectivity index (χ4v) is 1.89. The molecule has 0 aromatic carbocycles. The van der Waals surface area contributed by atoms with Crippen LogP contribution in [-0.4, -0.2) is 55.4 Å². The monoisotopic (exact) mass is 252 g/mol. The first-order chi connectivity index (χ1) is 7.97. The fourth-order valence-electron chi connectivity index (χ4n) is 1.89. The number of halogens is 3. The molecular weight excluding hydrogens is 237 g/mol. The summed E-state index contributed by atoms with van der Waals surface area (Å²) >= 11 is 0. The highest BCUT2D eigenvalue weighted by molar-refractivity contribution is 5.82. The number of morpholine rings is 1. The molecule has 1 heterocycles. The van der Waals surface area contributed by atoms with Gasteiger partial charge in [0.25, 0.3) is 0 Å². The highest BCUT2D eigenvalue weighted by Crippen LogP contribution is 2.30. The first kappa shape index (κ1) is 12.6. The molecule has 0 bridgehead atoms. The third-order valence-electron chi connectivity index (χ3n) is 2.84. The van der Waals surface area contributed by atoms with Crippen LogP contribution in [0.5, 0.6) is 0 Å². The summed E-state index contributed by atoms with van der Waals surface area (Å²) in [4.78, 5) is 12.9. The Morgan fingerprint density at radius 1 is 1.41 bits per heavy atom. The number of rotatable bonds is 3. The molecule has 0 radical (unpaired) electrons. The van der Waals surface area contributed by atoms with Crippen LogP contribution >= 0.6 is 0 Å². The molecule has 1 aliphatic heterocycles. The second-order valence-electron chi connectivity index (χ2n) is 4.39. The maximum Gasteiger partial charge on any atom is 0.406 e. The van der Waals surface area contributed by atoms with Crippen LogP contribution in [0.2, 0.25) is 0 Å². The molecule has 1 saturated heterocycles. The number of ether oxygens (including phenoxy) is 1. The van der Waals surface area contributed by atoms with Gasteiger partial charge >= 0.3 is 6.18 Å². The molecule has 0 aromatic heterocycles. The molecular formula is C10H15F3N2O2. The van der Waals surface area contributed by atoms with Crippen LogP contribution in [-0.2, 0) is 9.53 Å². The van der Waals surface area contributed by atoms with Gasteiger partial charge in [-0.15, -0.1) is 0 Å². The summed E-state index contributed by atoms with van der Waals surface area (Å²) in [6.45, 7) is -0.0119. The Labute approximate surface area is 97.1 Å². The summed E-state index contributed by atoms with van der Waals surface area (Å²) in [7, 11) is 0. The molecule has 7 heteroatoms. The third kappa shape index (κ3) is 3.57. The molecule has 2 rings (SSSR count). The maximum atomic E-state index is 12.4. The van der Waals surface area contributed by atoms with Crippen molar-refractivity contribution < 1.29 is 22.7 Å². The van der Waals surface area contributed by atoms with Crippen LogP contribution in [0.15, 0.2) is 0 Å². The molecule has 0 spiro atoms. The maximum absolute atomic E-state index is 12.4. The van der Waals surface area contributed by atoms with E-state index in [4.69, 9.17) is 4.74 Å². The first-order valence-corrected chi connectivity index (χ1v) is 5.66. The molecule has 1 aliphatic carbocycles. The zero-order valence-electron chi connectivity index (χ0n) is 9.29. The summed E-state index contributed by atoms with van der Waals surface area (Å²) in [6.07, 6.45) is -3.02. The van der Waals surface area contributed by atoms with Crippen LogP contribution < -0.4 is 5.32 Å². The number of alkyl halides is 3. The van der Waals surface area contributed by atoms with Crippen molar-refractivity contribution in [3.8, 4) is 0 Å². The van der Waals surface area contributed by atoms with E-state index in [9.17, 15) is 18.0 Å². The Morgan fingerprint density at radius 2 is 2.12 bits per heavy atom. The van der Waals surface area contributed by atoms with Gasteiger partial charge in [0.05, 0.1) is 13.2 Å². The van der Waals surface area contributed by atoms with Crippen molar-refractivity contribution in [2.75, 3.05) is 26.3 Å². The van der Waals surface area contributed by atoms with Crippen molar-refractivity contribution >= 4 is 5.91 Å². The Bertz CT molecular complexity index is 286. The average Bonchev–Trinajstić information content (AvgIpc) is 3.09. The van der Waals surface area contributed by atoms with Gasteiger partial charge in [0, 0.05) is 12.6 Å². The molecule has 2 fully saturated rings. The minimum Gasteiger partial charge on any atom is -0.378 e. The Hall–Kier alpha value is -0.820. The number of carbonyl (C=O) groups excluding carboxylic acids is 1. The van der Waals surface area contributed by atoms with E-state index in [0.717, 1.165) is 4.90 Å². The molecule has 2 aliphatic rings. The molecule has 1 saturated carbocycles. The van der Waals surface area contributed by atoms with E-state index in [-0.39, 0.29) is 12.6 Å². The van der Waals surface area contributed by atoms with Gasteiger partial charge in [-0.1, -0.05) is 0 Å². The second kappa shape index (κ2) is 4.81. The molecule has 1 amide bonds. The van der Waals surface area contributed by atoms with E-state index in [2.05, 4.69) is 5.32 Å². The second-order valence-corrected chi connectivity index (χ2v) is 4.39. The van der Waals surface area contributed by atoms with Gasteiger partial charge in [0.2, 0.25) is 5.91 Å². The summed E-state index contributed by atoms with van der Waals surface area (Å²) in [5.74, 6) is -0.496. The van der Waals surface area contributed by atoms with Crippen molar-refractivity contribution in [3.63, 3.8) is 0 Å². The predicted octanol–water partition coefficient (Wildman–Crippen LogP) is 0.528. The lowest BCUT2D eigenvalue weighted by Crippen LogP contribution is -2.54. The lowest BCUT2D eigenvalue weighted by molar-refractivity contribution is -0.165. The van der Waals surface area contributed by atoms with Crippen LogP contribution in [0.4, 0.5) is 13.2 Å². The Kier molecular flexibility index (Phi) is 3.58. The third-order valence-corrected chi connectivity index (χ3v) is 2.84. The molecule has 0 aromatic rings. The van der Waals surface area contributed by atoms with Crippen LogP contribution in [0, 0.1) is 0 Å². The zero-order valence-corrected chi connectivity index (χ0v) is 9.29. The summed E-state index contributed by atoms with van der Waals surface area (Å²) in [6, 6.07) is -0.875. The van der Waals surface area contributed by atoms with Crippen LogP contribution in [0.25, 0.3) is 0 Å². The van der Waals surface area contributed by atoms with Crippen molar-refractivity contribution in [1.29, 1.82) is 0 Å². The van der Waals surface area contributed by atoms with E-state index < -0.39 is 24.7 Å². The highest BCUT2D eigenvalue weighted by Gasteiger charge is 2.42. The summed E-state index contributed by atoms with van der Waals surface area (Å²) in [5, 5.41) is 2.88. The molecule has 98 valence electrons. The van der Waals surface area contributed by atoms with Crippen molar-refractivity contribution in [2.24, 2.45) is 0 Å². The van der Waals surface area contributed by atoms with Gasteiger partial charge in [-0.3, -0.25) is 4.79 Å². The van der Waals surface area contributed by atoms with Gasteiger partial charge in [-0.05, 0) is 12.8 Å². The van der Waals surface area contributed by atoms with Gasteiger partial charge in [0.15, 0.2) is 0 Å². The van der Waals surface area contributed by atoms with E-state index >= 15 is 0 Å². The minimum atomic E-state index is -4.34. The standard InChI is InChI=1S/C10H15F3N2O2/c11-10(12,13)6-15(7-1-2-7)9(16)8-5-17-4-3-14-8/h7-8,14H,1-6H2. The van der Waals surface area contributed by atoms with E-state index in [1.165, 1.54) is 0 Å². The molecule has 1 N–H and O–H groups in total. The topological polar surface area (TPSA) is 41.6 Å². The smallest absolute Gasteiger partial charge is 0.378 e. The normalized spacial score (nSPS) is 25.7. The lowest BCUT2D eigenvalue weighted by atomic mass is 10.2. The molecule has 4 nitrogen and oxygen atoms in total. The number of hydrogen-bond acceptors (Lipinski definition) is 3. The number of amides is 1. The van der Waals surface area contributed by atoms with Crippen molar-refractivity contribution in [1.82, 2.24) is 10.2 Å². The lowest BCUT2D eigenvalue weighted by Gasteiger charge is -2.30. The Balaban J connectivity index is 1.97. The van der Waals surface area contributed by atoms with E-state index in [1.54, 1.807) is 0 Å². The van der Waals surface area contributed by atoms with Gasteiger partial charge in [0.1, 0.15) is 12.6 Å². The van der Waals surface area contributed by atoms with E-state index in [1.807, 2.05) is 0 Å². The Morgan fingerprint density at radius 3 is 2.59 bits per heavy atom. The zero-order chi connectivity index (χ0) is 12.5. The van der Waals surface area contributed by atoms with Gasteiger partial charge < -0.3 is 15.0 Å². The summed E-state index contributed by atoms with van der Waals surface area (Å²) < 4.78 is 42.2. The molecule has 1 unspecified atom stereocenters. The first-order valence-electron chi connectivity index (χ1n) is 5.66. The fraction of sp³-hybridized carbons (Fsp3) is 0.900. The molecule has 1 atom stereocenters. The average molecular weight is 252 g/mol. The highest BCUT2D eigenvalue weighted by atomic mass is 19.4.